The molecule has 4 nitrogen and oxygen atoms in total. The Morgan fingerprint density at radius 1 is 1.37 bits per heavy atom. The largest absolute Gasteiger partial charge is 0.385 e. The summed E-state index contributed by atoms with van der Waals surface area (Å²) in [6, 6.07) is 5.75. The highest BCUT2D eigenvalue weighted by Gasteiger charge is 2.12. The van der Waals surface area contributed by atoms with E-state index in [1.54, 1.807) is 11.9 Å². The van der Waals surface area contributed by atoms with Gasteiger partial charge in [0.25, 0.3) is 5.91 Å². The Kier molecular flexibility index (Phi) is 6.36. The van der Waals surface area contributed by atoms with Crippen LogP contribution in [0.1, 0.15) is 29.8 Å². The molecule has 0 unspecified atom stereocenters. The summed E-state index contributed by atoms with van der Waals surface area (Å²) >= 11 is 0. The van der Waals surface area contributed by atoms with Gasteiger partial charge >= 0.3 is 0 Å². The number of aryl methyl sites for hydroxylation is 1. The molecule has 0 aliphatic carbocycles. The number of benzene rings is 1. The average Bonchev–Trinajstić information content (AvgIpc) is 2.40. The molecule has 0 aliphatic heterocycles. The predicted molar refractivity (Wildman–Crippen MR) is 78.8 cm³/mol. The third kappa shape index (κ3) is 4.56. The van der Waals surface area contributed by atoms with E-state index in [-0.39, 0.29) is 5.91 Å². The van der Waals surface area contributed by atoms with Crippen molar-refractivity contribution in [1.29, 1.82) is 0 Å². The van der Waals surface area contributed by atoms with Gasteiger partial charge in [-0.05, 0) is 44.5 Å². The van der Waals surface area contributed by atoms with E-state index >= 15 is 0 Å². The van der Waals surface area contributed by atoms with Crippen LogP contribution in [-0.2, 0) is 4.74 Å². The zero-order chi connectivity index (χ0) is 14.3. The number of anilines is 1. The zero-order valence-electron chi connectivity index (χ0n) is 12.3. The van der Waals surface area contributed by atoms with Crippen molar-refractivity contribution >= 4 is 11.6 Å². The van der Waals surface area contributed by atoms with Gasteiger partial charge in [-0.2, -0.15) is 0 Å². The number of nitrogens with zero attached hydrogens (tertiary/aromatic N) is 1. The Labute approximate surface area is 115 Å². The first-order chi connectivity index (χ1) is 9.10. The first kappa shape index (κ1) is 15.5. The fraction of sp³-hybridized carbons (Fsp3) is 0.533. The van der Waals surface area contributed by atoms with Gasteiger partial charge in [-0.1, -0.05) is 0 Å². The Morgan fingerprint density at radius 2 is 2.11 bits per heavy atom. The van der Waals surface area contributed by atoms with E-state index in [0.29, 0.717) is 19.8 Å². The second-order valence-corrected chi connectivity index (χ2v) is 4.48. The maximum absolute atomic E-state index is 12.2. The van der Waals surface area contributed by atoms with E-state index in [1.165, 1.54) is 0 Å². The Hall–Kier alpha value is -1.55. The molecule has 0 saturated heterocycles. The van der Waals surface area contributed by atoms with Crippen molar-refractivity contribution in [3.05, 3.63) is 29.3 Å². The lowest BCUT2D eigenvalue weighted by Gasteiger charge is -2.18. The third-order valence-corrected chi connectivity index (χ3v) is 2.96. The standard InChI is InChI=1S/C15H24N2O2/c1-5-16-14-8-7-13(11-12(14)3)15(18)17(4)9-10-19-6-2/h7-8,11,16H,5-6,9-10H2,1-4H3. The van der Waals surface area contributed by atoms with Gasteiger partial charge in [0.05, 0.1) is 6.61 Å². The van der Waals surface area contributed by atoms with E-state index in [4.69, 9.17) is 4.74 Å². The average molecular weight is 264 g/mol. The van der Waals surface area contributed by atoms with E-state index in [0.717, 1.165) is 23.4 Å². The molecule has 0 atom stereocenters. The van der Waals surface area contributed by atoms with Gasteiger partial charge in [0.1, 0.15) is 0 Å². The van der Waals surface area contributed by atoms with Gasteiger partial charge in [0, 0.05) is 38.0 Å². The second kappa shape index (κ2) is 7.79. The summed E-state index contributed by atoms with van der Waals surface area (Å²) in [7, 11) is 1.80. The lowest BCUT2D eigenvalue weighted by atomic mass is 10.1. The number of likely N-dealkylation sites (N-methyl/N-ethyl adjacent to an activating group) is 1. The van der Waals surface area contributed by atoms with Crippen LogP contribution in [0, 0.1) is 6.92 Å². The van der Waals surface area contributed by atoms with Crippen molar-refractivity contribution < 1.29 is 9.53 Å². The van der Waals surface area contributed by atoms with Crippen LogP contribution in [0.15, 0.2) is 18.2 Å². The summed E-state index contributed by atoms with van der Waals surface area (Å²) in [6.45, 7) is 8.76. The van der Waals surface area contributed by atoms with Gasteiger partial charge < -0.3 is 15.0 Å². The molecule has 4 heteroatoms. The van der Waals surface area contributed by atoms with Gasteiger partial charge in [-0.25, -0.2) is 0 Å². The highest BCUT2D eigenvalue weighted by molar-refractivity contribution is 5.94. The van der Waals surface area contributed by atoms with Crippen LogP contribution >= 0.6 is 0 Å². The maximum atomic E-state index is 12.2. The van der Waals surface area contributed by atoms with Crippen LogP contribution in [0.4, 0.5) is 5.69 Å². The number of rotatable bonds is 7. The quantitative estimate of drug-likeness (QED) is 0.769. The SMILES string of the molecule is CCNc1ccc(C(=O)N(C)CCOCC)cc1C. The number of carbonyl (C=O) groups is 1. The summed E-state index contributed by atoms with van der Waals surface area (Å²) in [5.74, 6) is 0.0332. The minimum Gasteiger partial charge on any atom is -0.385 e. The molecule has 19 heavy (non-hydrogen) atoms. The molecule has 0 saturated carbocycles. The molecule has 1 aromatic carbocycles. The molecule has 0 aliphatic rings. The molecule has 0 bridgehead atoms. The van der Waals surface area contributed by atoms with Crippen molar-refractivity contribution in [3.8, 4) is 0 Å². The summed E-state index contributed by atoms with van der Waals surface area (Å²) in [5, 5.41) is 3.27. The van der Waals surface area contributed by atoms with E-state index in [1.807, 2.05) is 32.0 Å². The molecule has 1 N–H and O–H groups in total. The summed E-state index contributed by atoms with van der Waals surface area (Å²) < 4.78 is 5.26. The fourth-order valence-corrected chi connectivity index (χ4v) is 1.85. The zero-order valence-corrected chi connectivity index (χ0v) is 12.3. The lowest BCUT2D eigenvalue weighted by Crippen LogP contribution is -2.30. The minimum absolute atomic E-state index is 0.0332. The van der Waals surface area contributed by atoms with Crippen molar-refractivity contribution in [2.24, 2.45) is 0 Å². The Morgan fingerprint density at radius 3 is 2.68 bits per heavy atom. The summed E-state index contributed by atoms with van der Waals surface area (Å²) in [4.78, 5) is 13.9. The third-order valence-electron chi connectivity index (χ3n) is 2.96. The predicted octanol–water partition coefficient (Wildman–Crippen LogP) is 2.54. The van der Waals surface area contributed by atoms with Crippen molar-refractivity contribution in [3.63, 3.8) is 0 Å². The highest BCUT2D eigenvalue weighted by atomic mass is 16.5. The molecule has 106 valence electrons. The van der Waals surface area contributed by atoms with Crippen LogP contribution in [0.5, 0.6) is 0 Å². The number of hydrogen-bond acceptors (Lipinski definition) is 3. The van der Waals surface area contributed by atoms with Gasteiger partial charge in [0.15, 0.2) is 0 Å². The smallest absolute Gasteiger partial charge is 0.253 e. The van der Waals surface area contributed by atoms with Gasteiger partial charge in [0.2, 0.25) is 0 Å². The minimum atomic E-state index is 0.0332. The maximum Gasteiger partial charge on any atom is 0.253 e. The van der Waals surface area contributed by atoms with Crippen molar-refractivity contribution in [2.45, 2.75) is 20.8 Å². The Balaban J connectivity index is 2.68. The highest BCUT2D eigenvalue weighted by Crippen LogP contribution is 2.17. The molecular formula is C15H24N2O2. The first-order valence-corrected chi connectivity index (χ1v) is 6.77. The molecule has 0 heterocycles. The molecule has 0 radical (unpaired) electrons. The molecule has 0 aromatic heterocycles. The molecule has 0 fully saturated rings. The topological polar surface area (TPSA) is 41.6 Å². The van der Waals surface area contributed by atoms with Crippen molar-refractivity contribution in [1.82, 2.24) is 4.90 Å². The van der Waals surface area contributed by atoms with E-state index in [9.17, 15) is 4.79 Å². The summed E-state index contributed by atoms with van der Waals surface area (Å²) in [5.41, 5.74) is 2.89. The van der Waals surface area contributed by atoms with E-state index < -0.39 is 0 Å². The number of amides is 1. The van der Waals surface area contributed by atoms with E-state index in [2.05, 4.69) is 12.2 Å². The Bertz CT molecular complexity index is 419. The van der Waals surface area contributed by atoms with Crippen molar-refractivity contribution in [2.75, 3.05) is 38.7 Å². The molecule has 0 spiro atoms. The van der Waals surface area contributed by atoms with Crippen LogP contribution < -0.4 is 5.32 Å². The second-order valence-electron chi connectivity index (χ2n) is 4.48. The number of hydrogen-bond donors (Lipinski definition) is 1. The fourth-order valence-electron chi connectivity index (χ4n) is 1.85. The van der Waals surface area contributed by atoms with Crippen LogP contribution in [0.25, 0.3) is 0 Å². The number of carbonyl (C=O) groups excluding carboxylic acids is 1. The molecule has 1 aromatic rings. The normalized spacial score (nSPS) is 10.3. The van der Waals surface area contributed by atoms with Gasteiger partial charge in [-0.3, -0.25) is 4.79 Å². The lowest BCUT2D eigenvalue weighted by molar-refractivity contribution is 0.0710. The first-order valence-electron chi connectivity index (χ1n) is 6.77. The molecule has 1 amide bonds. The van der Waals surface area contributed by atoms with Crippen LogP contribution in [0.3, 0.4) is 0 Å². The number of nitrogens with one attached hydrogen (secondary N) is 1. The van der Waals surface area contributed by atoms with Crippen LogP contribution in [-0.4, -0.2) is 44.2 Å². The monoisotopic (exact) mass is 264 g/mol. The summed E-state index contributed by atoms with van der Waals surface area (Å²) in [6.07, 6.45) is 0. The molecular weight excluding hydrogens is 240 g/mol. The molecule has 1 rings (SSSR count). The number of ether oxygens (including phenoxy) is 1. The van der Waals surface area contributed by atoms with Crippen LogP contribution in [0.2, 0.25) is 0 Å². The van der Waals surface area contributed by atoms with Gasteiger partial charge in [-0.15, -0.1) is 0 Å².